The minimum absolute atomic E-state index is 0.0220. The van der Waals surface area contributed by atoms with Crippen LogP contribution in [-0.2, 0) is 47.7 Å². The molecule has 3 N–H and O–H groups in total. The molecular formula is C51H79NO13. The van der Waals surface area contributed by atoms with Gasteiger partial charge in [0.15, 0.2) is 11.6 Å². The summed E-state index contributed by atoms with van der Waals surface area (Å²) in [5.74, 6) is -7.93. The van der Waals surface area contributed by atoms with E-state index in [9.17, 15) is 39.3 Å². The average molecular weight is 914 g/mol. The Labute approximate surface area is 387 Å². The summed E-state index contributed by atoms with van der Waals surface area (Å²) in [4.78, 5) is 71.7. The number of piperidine rings is 1. The molecule has 1 aliphatic carbocycles. The maximum absolute atomic E-state index is 14.4. The number of cyclic esters (lactones) is 1. The third kappa shape index (κ3) is 14.3. The second kappa shape index (κ2) is 25.1. The van der Waals surface area contributed by atoms with Crippen molar-refractivity contribution in [1.82, 2.24) is 4.90 Å². The highest BCUT2D eigenvalue weighted by Gasteiger charge is 2.53. The molecule has 3 fully saturated rings. The van der Waals surface area contributed by atoms with Crippen LogP contribution in [0, 0.1) is 35.5 Å². The number of nitrogens with zero attached hydrogens (tertiary/aromatic N) is 1. The maximum Gasteiger partial charge on any atom is 0.329 e. The topological polar surface area (TPSA) is 195 Å². The molecule has 4 rings (SSSR count). The first-order valence-electron chi connectivity index (χ1n) is 23.9. The van der Waals surface area contributed by atoms with Crippen molar-refractivity contribution in [3.05, 3.63) is 47.6 Å². The number of hydrogen-bond acceptors (Lipinski definition) is 13. The Bertz CT molecular complexity index is 1760. The lowest BCUT2D eigenvalue weighted by Gasteiger charge is -2.42. The maximum atomic E-state index is 14.4. The first-order chi connectivity index (χ1) is 30.7. The summed E-state index contributed by atoms with van der Waals surface area (Å²) >= 11 is 0. The van der Waals surface area contributed by atoms with Gasteiger partial charge in [-0.15, -0.1) is 0 Å². The van der Waals surface area contributed by atoms with Crippen molar-refractivity contribution in [3.8, 4) is 0 Å². The van der Waals surface area contributed by atoms with Gasteiger partial charge in [0.1, 0.15) is 18.2 Å². The molecule has 3 heterocycles. The van der Waals surface area contributed by atoms with Crippen LogP contribution in [0.25, 0.3) is 0 Å². The summed E-state index contributed by atoms with van der Waals surface area (Å²) in [7, 11) is 4.53. The quantitative estimate of drug-likeness (QED) is 0.202. The predicted molar refractivity (Wildman–Crippen MR) is 245 cm³/mol. The molecule has 2 bridgehead atoms. The van der Waals surface area contributed by atoms with Crippen LogP contribution < -0.4 is 0 Å². The zero-order valence-electron chi connectivity index (χ0n) is 40.6. The molecule has 0 radical (unpaired) electrons. The number of ether oxygens (including phenoxy) is 5. The summed E-state index contributed by atoms with van der Waals surface area (Å²) in [5, 5.41) is 33.9. The number of aliphatic hydroxyl groups excluding tert-OH is 2. The highest BCUT2D eigenvalue weighted by molar-refractivity contribution is 6.39. The van der Waals surface area contributed by atoms with Crippen molar-refractivity contribution in [2.75, 3.05) is 27.9 Å². The van der Waals surface area contributed by atoms with Gasteiger partial charge in [0, 0.05) is 58.5 Å². The molecule has 14 heteroatoms. The Kier molecular flexibility index (Phi) is 21.0. The predicted octanol–water partition coefficient (Wildman–Crippen LogP) is 6.18. The average Bonchev–Trinajstić information content (AvgIpc) is 3.28. The molecule has 14 nitrogen and oxygen atoms in total. The van der Waals surface area contributed by atoms with Crippen LogP contribution in [0.4, 0.5) is 0 Å². The van der Waals surface area contributed by atoms with E-state index in [0.717, 1.165) is 12.0 Å². The van der Waals surface area contributed by atoms with Gasteiger partial charge in [0.25, 0.3) is 11.7 Å². The zero-order chi connectivity index (χ0) is 48.2. The summed E-state index contributed by atoms with van der Waals surface area (Å²) in [6.45, 7) is 12.7. The van der Waals surface area contributed by atoms with Crippen LogP contribution in [0.3, 0.4) is 0 Å². The molecule has 2 saturated heterocycles. The van der Waals surface area contributed by atoms with Gasteiger partial charge in [-0.1, -0.05) is 71.1 Å². The number of fused-ring (bicyclic) bond motifs is 3. The van der Waals surface area contributed by atoms with Gasteiger partial charge < -0.3 is 43.9 Å². The van der Waals surface area contributed by atoms with Crippen molar-refractivity contribution in [2.45, 2.75) is 180 Å². The minimum atomic E-state index is -2.43. The van der Waals surface area contributed by atoms with E-state index >= 15 is 0 Å². The number of allylic oxidation sites excluding steroid dienone is 6. The summed E-state index contributed by atoms with van der Waals surface area (Å²) in [5.41, 5.74) is 1.19. The fraction of sp³-hybridized carbons (Fsp3) is 0.745. The normalized spacial score (nSPS) is 37.8. The van der Waals surface area contributed by atoms with Gasteiger partial charge in [0.2, 0.25) is 5.79 Å². The van der Waals surface area contributed by atoms with Gasteiger partial charge in [-0.05, 0) is 107 Å². The third-order valence-corrected chi connectivity index (χ3v) is 14.5. The van der Waals surface area contributed by atoms with Gasteiger partial charge in [-0.3, -0.25) is 19.2 Å². The van der Waals surface area contributed by atoms with Gasteiger partial charge in [-0.25, -0.2) is 4.79 Å². The van der Waals surface area contributed by atoms with Crippen molar-refractivity contribution in [3.63, 3.8) is 0 Å². The van der Waals surface area contributed by atoms with Crippen molar-refractivity contribution >= 4 is 29.2 Å². The monoisotopic (exact) mass is 914 g/mol. The van der Waals surface area contributed by atoms with Crippen molar-refractivity contribution in [1.29, 1.82) is 0 Å². The minimum Gasteiger partial charge on any atom is -0.460 e. The van der Waals surface area contributed by atoms with Gasteiger partial charge >= 0.3 is 5.97 Å². The van der Waals surface area contributed by atoms with Crippen LogP contribution in [-0.4, -0.2) is 132 Å². The first kappa shape index (κ1) is 54.2. The molecule has 15 atom stereocenters. The van der Waals surface area contributed by atoms with Crippen LogP contribution in [0.1, 0.15) is 126 Å². The third-order valence-electron chi connectivity index (χ3n) is 14.5. The molecule has 1 amide bonds. The Hall–Kier alpha value is -3.37. The van der Waals surface area contributed by atoms with Crippen LogP contribution in [0.2, 0.25) is 0 Å². The molecule has 3 aliphatic heterocycles. The van der Waals surface area contributed by atoms with Crippen molar-refractivity contribution in [2.24, 2.45) is 35.5 Å². The second-order valence-corrected chi connectivity index (χ2v) is 19.6. The number of carbonyl (C=O) groups excluding carboxylic acids is 5. The zero-order valence-corrected chi connectivity index (χ0v) is 40.6. The molecule has 2 unspecified atom stereocenters. The molecule has 4 aliphatic rings. The van der Waals surface area contributed by atoms with E-state index < -0.39 is 83.9 Å². The lowest BCUT2D eigenvalue weighted by Crippen LogP contribution is -2.61. The Morgan fingerprint density at radius 2 is 1.58 bits per heavy atom. The number of ketones is 3. The Balaban J connectivity index is 1.70. The Morgan fingerprint density at radius 1 is 0.862 bits per heavy atom. The fourth-order valence-corrected chi connectivity index (χ4v) is 10.1. The lowest BCUT2D eigenvalue weighted by molar-refractivity contribution is -0.265. The van der Waals surface area contributed by atoms with E-state index in [1.807, 2.05) is 58.1 Å². The standard InChI is InChI=1S/C51H79NO13/c1-30-16-12-11-13-17-31(2)42(61-8)28-38-21-19-36(7)51(60,65-38)48(57)49(58)52-23-15-14-18-39(52)50(59)64-43(33(4)26-37-20-22-40(53)44(27-37)62-9)29-41(54)32(3)25-35(6)46(56)47(63-10)45(55)34(5)24-30/h11-13,16-17,25,30,33-40,42-44,46-47,53,56,60H,14-15,18-24,26-29H2,1-10H3/t30-,33-,34-,35?,36-,37+,38+,39?,40-,42+,43+,44-,46+,47+,51-/m1/s1. The number of rotatable bonds is 6. The number of aliphatic hydroxyl groups is 3. The van der Waals surface area contributed by atoms with Crippen molar-refractivity contribution < 1.29 is 63.0 Å². The van der Waals surface area contributed by atoms with E-state index in [4.69, 9.17) is 23.7 Å². The summed E-state index contributed by atoms with van der Waals surface area (Å²) in [6, 6.07) is -1.14. The highest BCUT2D eigenvalue weighted by atomic mass is 16.6. The Morgan fingerprint density at radius 3 is 2.26 bits per heavy atom. The van der Waals surface area contributed by atoms with E-state index in [0.29, 0.717) is 63.4 Å². The lowest BCUT2D eigenvalue weighted by atomic mass is 9.78. The smallest absolute Gasteiger partial charge is 0.329 e. The number of methoxy groups -OCH3 is 3. The largest absolute Gasteiger partial charge is 0.460 e. The molecular weight excluding hydrogens is 835 g/mol. The molecule has 0 aromatic heterocycles. The SMILES string of the molecule is CO[C@H]1C[C@@H]2CC[C@@H](C)[C@@](O)(O2)C(=O)C(=O)N2CCCCC2C(=O)O[C@H]([C@H](C)C[C@@H]2CC[C@@H](O)[C@H](OC)C2)CC(=O)C(C)=CC(C)[C@H](O)[C@@H](OC)C(=O)[C@H](C)C[C@H](C)C=CC=CC=C1C. The molecule has 0 aromatic rings. The summed E-state index contributed by atoms with van der Waals surface area (Å²) < 4.78 is 29.4. The van der Waals surface area contributed by atoms with E-state index in [1.165, 1.54) is 12.0 Å². The molecule has 0 aromatic carbocycles. The molecule has 65 heavy (non-hydrogen) atoms. The molecule has 0 spiro atoms. The van der Waals surface area contributed by atoms with E-state index in [2.05, 4.69) is 0 Å². The van der Waals surface area contributed by atoms with Gasteiger partial charge in [0.05, 0.1) is 30.5 Å². The highest BCUT2D eigenvalue weighted by Crippen LogP contribution is 2.38. The number of amides is 1. The number of Topliss-reactive ketones (excluding diaryl/α,β-unsaturated/α-hetero) is 3. The van der Waals surface area contributed by atoms with Crippen LogP contribution in [0.5, 0.6) is 0 Å². The van der Waals surface area contributed by atoms with Crippen LogP contribution >= 0.6 is 0 Å². The van der Waals surface area contributed by atoms with E-state index in [-0.39, 0.29) is 54.8 Å². The summed E-state index contributed by atoms with van der Waals surface area (Å²) in [6.07, 6.45) is 11.2. The first-order valence-corrected chi connectivity index (χ1v) is 23.9. The second-order valence-electron chi connectivity index (χ2n) is 19.6. The van der Waals surface area contributed by atoms with Gasteiger partial charge in [-0.2, -0.15) is 0 Å². The molecule has 1 saturated carbocycles. The number of carbonyl (C=O) groups is 5. The van der Waals surface area contributed by atoms with Crippen LogP contribution in [0.15, 0.2) is 47.6 Å². The fourth-order valence-electron chi connectivity index (χ4n) is 10.1. The number of hydrogen-bond donors (Lipinski definition) is 3. The molecule has 366 valence electrons. The number of esters is 1. The van der Waals surface area contributed by atoms with E-state index in [1.54, 1.807) is 41.1 Å².